The number of amides is 2. The van der Waals surface area contributed by atoms with Gasteiger partial charge in [0.05, 0.1) is 32.0 Å². The van der Waals surface area contributed by atoms with E-state index >= 15 is 0 Å². The number of benzene rings is 3. The molecule has 0 spiro atoms. The highest BCUT2D eigenvalue weighted by atomic mass is 35.5. The van der Waals surface area contributed by atoms with Crippen LogP contribution in [0.25, 0.3) is 0 Å². The van der Waals surface area contributed by atoms with Gasteiger partial charge < -0.3 is 19.5 Å². The number of hydrogen-bond acceptors (Lipinski definition) is 7. The van der Waals surface area contributed by atoms with Gasteiger partial charge in [0.25, 0.3) is 11.8 Å². The van der Waals surface area contributed by atoms with E-state index in [0.717, 1.165) is 6.42 Å². The number of carbonyl (C=O) groups excluding carboxylic acids is 3. The van der Waals surface area contributed by atoms with Crippen LogP contribution in [0.4, 0.5) is 0 Å². The van der Waals surface area contributed by atoms with Gasteiger partial charge in [0.1, 0.15) is 5.75 Å². The molecule has 0 aliphatic rings. The van der Waals surface area contributed by atoms with Crippen LogP contribution in [-0.2, 0) is 4.79 Å². The van der Waals surface area contributed by atoms with Crippen LogP contribution in [0.15, 0.2) is 71.8 Å². The van der Waals surface area contributed by atoms with E-state index in [-0.39, 0.29) is 12.3 Å². The average molecular weight is 524 g/mol. The van der Waals surface area contributed by atoms with Crippen LogP contribution in [0.5, 0.6) is 17.2 Å². The van der Waals surface area contributed by atoms with Crippen molar-refractivity contribution in [3.63, 3.8) is 0 Å². The van der Waals surface area contributed by atoms with Crippen molar-refractivity contribution in [3.05, 3.63) is 88.4 Å². The first-order valence-corrected chi connectivity index (χ1v) is 11.8. The second kappa shape index (κ2) is 13.6. The lowest BCUT2D eigenvalue weighted by molar-refractivity contribution is -0.120. The van der Waals surface area contributed by atoms with Gasteiger partial charge in [-0.15, -0.1) is 0 Å². The van der Waals surface area contributed by atoms with Gasteiger partial charge >= 0.3 is 5.97 Å². The van der Waals surface area contributed by atoms with E-state index < -0.39 is 17.8 Å². The second-order valence-corrected chi connectivity index (χ2v) is 8.10. The maximum Gasteiger partial charge on any atom is 0.343 e. The Labute approximate surface area is 219 Å². The highest BCUT2D eigenvalue weighted by Crippen LogP contribution is 2.28. The Morgan fingerprint density at radius 1 is 0.973 bits per heavy atom. The number of hydrazone groups is 1. The zero-order valence-electron chi connectivity index (χ0n) is 20.3. The summed E-state index contributed by atoms with van der Waals surface area (Å²) >= 11 is 5.87. The van der Waals surface area contributed by atoms with E-state index in [2.05, 4.69) is 15.8 Å². The first-order chi connectivity index (χ1) is 17.9. The van der Waals surface area contributed by atoms with Crippen molar-refractivity contribution in [2.24, 2.45) is 5.10 Å². The summed E-state index contributed by atoms with van der Waals surface area (Å²) in [6.07, 6.45) is 2.28. The van der Waals surface area contributed by atoms with E-state index in [1.54, 1.807) is 60.7 Å². The fraction of sp³-hybridized carbons (Fsp3) is 0.185. The van der Waals surface area contributed by atoms with Gasteiger partial charge in [-0.1, -0.05) is 24.6 Å². The van der Waals surface area contributed by atoms with Gasteiger partial charge in [0, 0.05) is 10.6 Å². The monoisotopic (exact) mass is 523 g/mol. The fourth-order valence-corrected chi connectivity index (χ4v) is 3.22. The van der Waals surface area contributed by atoms with Crippen molar-refractivity contribution in [1.82, 2.24) is 10.7 Å². The summed E-state index contributed by atoms with van der Waals surface area (Å²) < 4.78 is 16.3. The van der Waals surface area contributed by atoms with Crippen molar-refractivity contribution in [1.29, 1.82) is 0 Å². The minimum atomic E-state index is -0.547. The van der Waals surface area contributed by atoms with E-state index in [9.17, 15) is 14.4 Å². The molecule has 0 bridgehead atoms. The smallest absolute Gasteiger partial charge is 0.343 e. The predicted octanol–water partition coefficient (Wildman–Crippen LogP) is 4.24. The lowest BCUT2D eigenvalue weighted by atomic mass is 10.2. The Morgan fingerprint density at radius 3 is 2.46 bits per heavy atom. The van der Waals surface area contributed by atoms with Crippen molar-refractivity contribution >= 4 is 35.6 Å². The van der Waals surface area contributed by atoms with Gasteiger partial charge in [-0.25, -0.2) is 10.2 Å². The minimum Gasteiger partial charge on any atom is -0.494 e. The van der Waals surface area contributed by atoms with Crippen LogP contribution >= 0.6 is 11.6 Å². The number of hydrogen-bond donors (Lipinski definition) is 2. The number of methoxy groups -OCH3 is 1. The highest BCUT2D eigenvalue weighted by Gasteiger charge is 2.13. The first-order valence-electron chi connectivity index (χ1n) is 11.4. The number of nitrogens with one attached hydrogen (secondary N) is 2. The maximum absolute atomic E-state index is 12.5. The molecular weight excluding hydrogens is 498 g/mol. The Hall–Kier alpha value is -4.37. The van der Waals surface area contributed by atoms with E-state index in [0.29, 0.717) is 39.8 Å². The molecule has 3 aromatic rings. The van der Waals surface area contributed by atoms with E-state index in [1.165, 1.54) is 19.4 Å². The minimum absolute atomic E-state index is 0.226. The molecule has 10 heteroatoms. The Kier molecular flexibility index (Phi) is 10.0. The topological polar surface area (TPSA) is 115 Å². The van der Waals surface area contributed by atoms with Crippen LogP contribution in [-0.4, -0.2) is 44.3 Å². The highest BCUT2D eigenvalue weighted by molar-refractivity contribution is 6.31. The molecule has 0 radical (unpaired) electrons. The third-order valence-corrected chi connectivity index (χ3v) is 5.09. The molecule has 2 amide bonds. The number of ether oxygens (including phenoxy) is 3. The summed E-state index contributed by atoms with van der Waals surface area (Å²) in [7, 11) is 1.44. The number of esters is 1. The summed E-state index contributed by atoms with van der Waals surface area (Å²) in [6, 6.07) is 17.8. The van der Waals surface area contributed by atoms with Crippen molar-refractivity contribution in [2.75, 3.05) is 20.3 Å². The van der Waals surface area contributed by atoms with Crippen LogP contribution in [0.2, 0.25) is 5.02 Å². The number of halogens is 1. The average Bonchev–Trinajstić information content (AvgIpc) is 2.91. The van der Waals surface area contributed by atoms with Gasteiger partial charge in [0.2, 0.25) is 0 Å². The molecule has 9 nitrogen and oxygen atoms in total. The largest absolute Gasteiger partial charge is 0.494 e. The SMILES string of the molecule is CCCOc1ccc(C(=O)Oc2ccc(/C=N/NC(=O)CNC(=O)c3cccc(Cl)c3)cc2OC)cc1. The molecule has 0 heterocycles. The first kappa shape index (κ1) is 27.2. The third-order valence-electron chi connectivity index (χ3n) is 4.85. The molecule has 0 atom stereocenters. The molecule has 37 heavy (non-hydrogen) atoms. The molecule has 192 valence electrons. The zero-order valence-corrected chi connectivity index (χ0v) is 21.1. The molecule has 0 unspecified atom stereocenters. The van der Waals surface area contributed by atoms with Crippen molar-refractivity contribution in [2.45, 2.75) is 13.3 Å². The lowest BCUT2D eigenvalue weighted by Crippen LogP contribution is -2.34. The molecule has 0 saturated carbocycles. The van der Waals surface area contributed by atoms with Gasteiger partial charge in [0.15, 0.2) is 11.5 Å². The summed E-state index contributed by atoms with van der Waals surface area (Å²) in [5.74, 6) is -0.291. The zero-order chi connectivity index (χ0) is 26.6. The number of carbonyl (C=O) groups is 3. The Balaban J connectivity index is 1.53. The quantitative estimate of drug-likeness (QED) is 0.168. The van der Waals surface area contributed by atoms with Gasteiger partial charge in [-0.2, -0.15) is 5.10 Å². The second-order valence-electron chi connectivity index (χ2n) is 7.66. The standard InChI is InChI=1S/C27H26ClN3O6/c1-3-13-36-22-10-8-19(9-11-22)27(34)37-23-12-7-18(14-24(23)35-2)16-30-31-25(32)17-29-26(33)20-5-4-6-21(28)15-20/h4-12,14-16H,3,13,17H2,1-2H3,(H,29,33)(H,31,32)/b30-16+. The summed E-state index contributed by atoms with van der Waals surface area (Å²) in [4.78, 5) is 36.6. The van der Waals surface area contributed by atoms with Crippen molar-refractivity contribution < 1.29 is 28.6 Å². The number of nitrogens with zero attached hydrogens (tertiary/aromatic N) is 1. The fourth-order valence-electron chi connectivity index (χ4n) is 3.03. The van der Waals surface area contributed by atoms with Crippen LogP contribution < -0.4 is 25.0 Å². The molecule has 0 aliphatic heterocycles. The molecule has 3 aromatic carbocycles. The summed E-state index contributed by atoms with van der Waals surface area (Å²) in [5, 5.41) is 6.78. The lowest BCUT2D eigenvalue weighted by Gasteiger charge is -2.10. The van der Waals surface area contributed by atoms with Crippen LogP contribution in [0.1, 0.15) is 39.6 Å². The molecule has 0 fully saturated rings. The molecule has 2 N–H and O–H groups in total. The van der Waals surface area contributed by atoms with Gasteiger partial charge in [-0.05, 0) is 72.6 Å². The van der Waals surface area contributed by atoms with E-state index in [1.807, 2.05) is 6.92 Å². The summed E-state index contributed by atoms with van der Waals surface area (Å²) in [5.41, 5.74) is 3.61. The van der Waals surface area contributed by atoms with E-state index in [4.69, 9.17) is 25.8 Å². The van der Waals surface area contributed by atoms with Crippen molar-refractivity contribution in [3.8, 4) is 17.2 Å². The van der Waals surface area contributed by atoms with Crippen LogP contribution in [0, 0.1) is 0 Å². The third kappa shape index (κ3) is 8.36. The maximum atomic E-state index is 12.5. The summed E-state index contributed by atoms with van der Waals surface area (Å²) in [6.45, 7) is 2.34. The Bertz CT molecular complexity index is 1280. The predicted molar refractivity (Wildman–Crippen MR) is 140 cm³/mol. The molecule has 0 aliphatic carbocycles. The molecular formula is C27H26ClN3O6. The number of rotatable bonds is 11. The normalized spacial score (nSPS) is 10.6. The van der Waals surface area contributed by atoms with Crippen LogP contribution in [0.3, 0.4) is 0 Å². The molecule has 3 rings (SSSR count). The molecule has 0 aromatic heterocycles. The van der Waals surface area contributed by atoms with Gasteiger partial charge in [-0.3, -0.25) is 9.59 Å². The molecule has 0 saturated heterocycles. The Morgan fingerprint density at radius 2 is 1.76 bits per heavy atom.